The van der Waals surface area contributed by atoms with Gasteiger partial charge in [-0.2, -0.15) is 18.4 Å². The summed E-state index contributed by atoms with van der Waals surface area (Å²) in [6, 6.07) is 4.39. The lowest BCUT2D eigenvalue weighted by Crippen LogP contribution is -2.27. The highest BCUT2D eigenvalue weighted by Gasteiger charge is 2.33. The Hall–Kier alpha value is -1.81. The third-order valence-electron chi connectivity index (χ3n) is 3.23. The molecule has 0 unspecified atom stereocenters. The molecule has 0 aliphatic heterocycles. The molecule has 2 rings (SSSR count). The Kier molecular flexibility index (Phi) is 4.14. The molecule has 4 nitrogen and oxygen atoms in total. The predicted octanol–water partition coefficient (Wildman–Crippen LogP) is 2.48. The van der Waals surface area contributed by atoms with Gasteiger partial charge in [0.15, 0.2) is 0 Å². The monoisotopic (exact) mass is 284 g/mol. The van der Waals surface area contributed by atoms with Gasteiger partial charge in [0.2, 0.25) is 0 Å². The van der Waals surface area contributed by atoms with Gasteiger partial charge < -0.3 is 10.2 Å². The number of aromatic nitrogens is 1. The molecular formula is C13H15F3N4. The number of pyridine rings is 1. The first kappa shape index (κ1) is 14.6. The first-order chi connectivity index (χ1) is 9.41. The van der Waals surface area contributed by atoms with Crippen molar-refractivity contribution in [3.8, 4) is 6.07 Å². The van der Waals surface area contributed by atoms with Crippen LogP contribution in [0.4, 0.5) is 19.0 Å². The predicted molar refractivity (Wildman–Crippen MR) is 68.1 cm³/mol. The molecule has 0 saturated heterocycles. The van der Waals surface area contributed by atoms with Crippen molar-refractivity contribution in [2.24, 2.45) is 0 Å². The molecular weight excluding hydrogens is 269 g/mol. The number of nitrogens with one attached hydrogen (secondary N) is 1. The summed E-state index contributed by atoms with van der Waals surface area (Å²) in [5.41, 5.74) is -0.873. The number of hydrogen-bond donors (Lipinski definition) is 1. The van der Waals surface area contributed by atoms with Crippen molar-refractivity contribution in [2.75, 3.05) is 25.5 Å². The van der Waals surface area contributed by atoms with Gasteiger partial charge in [0.25, 0.3) is 0 Å². The number of alkyl halides is 3. The summed E-state index contributed by atoms with van der Waals surface area (Å²) in [5, 5.41) is 11.7. The fraction of sp³-hybridized carbons (Fsp3) is 0.538. The molecule has 1 N–H and O–H groups in total. The molecule has 0 radical (unpaired) electrons. The molecule has 1 aliphatic rings. The highest BCUT2D eigenvalue weighted by atomic mass is 19.4. The van der Waals surface area contributed by atoms with E-state index in [-0.39, 0.29) is 11.4 Å². The summed E-state index contributed by atoms with van der Waals surface area (Å²) in [7, 11) is 1.98. The molecule has 1 saturated carbocycles. The Morgan fingerprint density at radius 2 is 2.15 bits per heavy atom. The number of rotatable bonds is 5. The van der Waals surface area contributed by atoms with Crippen LogP contribution in [0.3, 0.4) is 0 Å². The van der Waals surface area contributed by atoms with E-state index in [9.17, 15) is 13.2 Å². The van der Waals surface area contributed by atoms with Gasteiger partial charge in [0.1, 0.15) is 17.6 Å². The summed E-state index contributed by atoms with van der Waals surface area (Å²) in [6.45, 7) is 1.16. The number of hydrogen-bond acceptors (Lipinski definition) is 4. The summed E-state index contributed by atoms with van der Waals surface area (Å²) in [4.78, 5) is 5.64. The van der Waals surface area contributed by atoms with Gasteiger partial charge in [-0.05, 0) is 32.0 Å². The first-order valence-electron chi connectivity index (χ1n) is 6.34. The van der Waals surface area contributed by atoms with E-state index in [1.807, 2.05) is 13.1 Å². The van der Waals surface area contributed by atoms with Gasteiger partial charge in [0, 0.05) is 19.1 Å². The molecule has 0 amide bonds. The van der Waals surface area contributed by atoms with Crippen LogP contribution in [-0.4, -0.2) is 36.1 Å². The van der Waals surface area contributed by atoms with E-state index in [0.717, 1.165) is 12.1 Å². The molecule has 1 fully saturated rings. The van der Waals surface area contributed by atoms with E-state index in [4.69, 9.17) is 5.26 Å². The average molecular weight is 284 g/mol. The molecule has 1 aromatic heterocycles. The summed E-state index contributed by atoms with van der Waals surface area (Å²) in [5.74, 6) is -0.00785. The minimum atomic E-state index is -4.50. The normalized spacial score (nSPS) is 15.2. The maximum atomic E-state index is 12.6. The molecule has 0 atom stereocenters. The van der Waals surface area contributed by atoms with Gasteiger partial charge in [-0.1, -0.05) is 0 Å². The minimum absolute atomic E-state index is 0.00785. The SMILES string of the molecule is CN(CCNc1nc(C(F)(F)F)ccc1C#N)C1CC1. The largest absolute Gasteiger partial charge is 0.433 e. The Morgan fingerprint density at radius 1 is 1.45 bits per heavy atom. The quantitative estimate of drug-likeness (QED) is 0.902. The Labute approximate surface area is 115 Å². The first-order valence-corrected chi connectivity index (χ1v) is 6.34. The van der Waals surface area contributed by atoms with E-state index in [2.05, 4.69) is 15.2 Å². The van der Waals surface area contributed by atoms with Crippen LogP contribution in [0.1, 0.15) is 24.1 Å². The summed E-state index contributed by atoms with van der Waals surface area (Å²) >= 11 is 0. The zero-order valence-electron chi connectivity index (χ0n) is 11.0. The summed E-state index contributed by atoms with van der Waals surface area (Å²) in [6.07, 6.45) is -2.17. The van der Waals surface area contributed by atoms with Gasteiger partial charge in [-0.15, -0.1) is 0 Å². The van der Waals surface area contributed by atoms with Crippen molar-refractivity contribution < 1.29 is 13.2 Å². The van der Waals surface area contributed by atoms with Crippen LogP contribution < -0.4 is 5.32 Å². The van der Waals surface area contributed by atoms with Crippen molar-refractivity contribution in [3.05, 3.63) is 23.4 Å². The van der Waals surface area contributed by atoms with Gasteiger partial charge in [0.05, 0.1) is 5.56 Å². The third kappa shape index (κ3) is 3.61. The number of anilines is 1. The number of likely N-dealkylation sites (N-methyl/N-ethyl adjacent to an activating group) is 1. The van der Waals surface area contributed by atoms with Crippen molar-refractivity contribution >= 4 is 5.82 Å². The minimum Gasteiger partial charge on any atom is -0.368 e. The lowest BCUT2D eigenvalue weighted by molar-refractivity contribution is -0.141. The second-order valence-electron chi connectivity index (χ2n) is 4.84. The third-order valence-corrected chi connectivity index (χ3v) is 3.23. The Bertz CT molecular complexity index is 517. The van der Waals surface area contributed by atoms with Gasteiger partial charge >= 0.3 is 6.18 Å². The maximum Gasteiger partial charge on any atom is 0.433 e. The molecule has 0 bridgehead atoms. The second-order valence-corrected chi connectivity index (χ2v) is 4.84. The Balaban J connectivity index is 2.02. The standard InChI is InChI=1S/C13H15F3N4/c1-20(10-3-4-10)7-6-18-12-9(8-17)2-5-11(19-12)13(14,15)16/h2,5,10H,3-4,6-7H2,1H3,(H,18,19). The zero-order chi connectivity index (χ0) is 14.8. The zero-order valence-corrected chi connectivity index (χ0v) is 11.0. The fourth-order valence-corrected chi connectivity index (χ4v) is 1.89. The van der Waals surface area contributed by atoms with Crippen LogP contribution in [-0.2, 0) is 6.18 Å². The topological polar surface area (TPSA) is 52.0 Å². The highest BCUT2D eigenvalue weighted by Crippen LogP contribution is 2.29. The molecule has 20 heavy (non-hydrogen) atoms. The molecule has 7 heteroatoms. The Morgan fingerprint density at radius 3 is 2.70 bits per heavy atom. The van der Waals surface area contributed by atoms with Crippen LogP contribution in [0.2, 0.25) is 0 Å². The van der Waals surface area contributed by atoms with E-state index in [1.54, 1.807) is 0 Å². The van der Waals surface area contributed by atoms with Crippen LogP contribution in [0.5, 0.6) is 0 Å². The van der Waals surface area contributed by atoms with E-state index in [1.165, 1.54) is 12.8 Å². The van der Waals surface area contributed by atoms with Crippen molar-refractivity contribution in [1.82, 2.24) is 9.88 Å². The fourth-order valence-electron chi connectivity index (χ4n) is 1.89. The molecule has 1 aromatic rings. The average Bonchev–Trinajstić information content (AvgIpc) is 3.21. The molecule has 0 spiro atoms. The lowest BCUT2D eigenvalue weighted by atomic mass is 10.2. The smallest absolute Gasteiger partial charge is 0.368 e. The van der Waals surface area contributed by atoms with E-state index < -0.39 is 11.9 Å². The second kappa shape index (κ2) is 5.67. The summed E-state index contributed by atoms with van der Waals surface area (Å²) < 4.78 is 37.8. The van der Waals surface area contributed by atoms with Crippen LogP contribution in [0.15, 0.2) is 12.1 Å². The van der Waals surface area contributed by atoms with Gasteiger partial charge in [-0.3, -0.25) is 0 Å². The number of halogens is 3. The van der Waals surface area contributed by atoms with Crippen LogP contribution >= 0.6 is 0 Å². The number of nitriles is 1. The highest BCUT2D eigenvalue weighted by molar-refractivity contribution is 5.52. The van der Waals surface area contributed by atoms with Crippen molar-refractivity contribution in [3.63, 3.8) is 0 Å². The molecule has 108 valence electrons. The maximum absolute atomic E-state index is 12.6. The van der Waals surface area contributed by atoms with E-state index >= 15 is 0 Å². The molecule has 1 heterocycles. The van der Waals surface area contributed by atoms with Crippen molar-refractivity contribution in [2.45, 2.75) is 25.1 Å². The van der Waals surface area contributed by atoms with E-state index in [0.29, 0.717) is 19.1 Å². The molecule has 0 aromatic carbocycles. The van der Waals surface area contributed by atoms with Crippen LogP contribution in [0.25, 0.3) is 0 Å². The van der Waals surface area contributed by atoms with Crippen LogP contribution in [0, 0.1) is 11.3 Å². The van der Waals surface area contributed by atoms with Gasteiger partial charge in [-0.25, -0.2) is 4.98 Å². The number of nitrogens with zero attached hydrogens (tertiary/aromatic N) is 3. The van der Waals surface area contributed by atoms with Crippen molar-refractivity contribution in [1.29, 1.82) is 5.26 Å². The molecule has 1 aliphatic carbocycles. The lowest BCUT2D eigenvalue weighted by Gasteiger charge is -2.16.